The van der Waals surface area contributed by atoms with Crippen LogP contribution in [0.2, 0.25) is 0 Å². The van der Waals surface area contributed by atoms with Gasteiger partial charge in [0.25, 0.3) is 0 Å². The predicted octanol–water partition coefficient (Wildman–Crippen LogP) is 4.40. The minimum Gasteiger partial charge on any atom is -0.427 e. The van der Waals surface area contributed by atoms with Gasteiger partial charge in [-0.1, -0.05) is 31.0 Å². The number of pyridine rings is 1. The number of carbonyl (C=O) groups excluding carboxylic acids is 2. The fraction of sp³-hybridized carbons (Fsp3) is 0.320. The maximum Gasteiger partial charge on any atom is 0.311 e. The van der Waals surface area contributed by atoms with Crippen molar-refractivity contribution >= 4 is 28.3 Å². The second-order valence-corrected chi connectivity index (χ2v) is 8.11. The first-order valence-electron chi connectivity index (χ1n) is 10.8. The van der Waals surface area contributed by atoms with Gasteiger partial charge >= 0.3 is 5.97 Å². The molecule has 3 aromatic rings. The smallest absolute Gasteiger partial charge is 0.311 e. The van der Waals surface area contributed by atoms with Gasteiger partial charge in [0.1, 0.15) is 5.75 Å². The summed E-state index contributed by atoms with van der Waals surface area (Å²) in [7, 11) is 0. The van der Waals surface area contributed by atoms with Crippen LogP contribution in [-0.4, -0.2) is 23.4 Å². The Morgan fingerprint density at radius 3 is 2.58 bits per heavy atom. The molecule has 1 atom stereocenters. The predicted molar refractivity (Wildman–Crippen MR) is 121 cm³/mol. The van der Waals surface area contributed by atoms with Crippen LogP contribution in [0, 0.1) is 5.92 Å². The van der Waals surface area contributed by atoms with Crippen LogP contribution in [0.3, 0.4) is 0 Å². The number of benzene rings is 2. The van der Waals surface area contributed by atoms with E-state index in [0.717, 1.165) is 29.2 Å². The third-order valence-electron chi connectivity index (χ3n) is 5.90. The molecule has 1 aliphatic carbocycles. The summed E-state index contributed by atoms with van der Waals surface area (Å²) in [5.74, 6) is 0.0621. The average molecular weight is 418 g/mol. The molecular weight excluding hydrogens is 390 g/mol. The summed E-state index contributed by atoms with van der Waals surface area (Å²) in [6.07, 6.45) is 8.59. The molecular formula is C25H27N3O3. The van der Waals surface area contributed by atoms with Crippen LogP contribution in [0.5, 0.6) is 5.75 Å². The Balaban J connectivity index is 1.39. The molecule has 1 heterocycles. The Bertz CT molecular complexity index is 1060. The highest BCUT2D eigenvalue weighted by atomic mass is 16.5. The van der Waals surface area contributed by atoms with E-state index in [1.807, 2.05) is 24.3 Å². The van der Waals surface area contributed by atoms with Gasteiger partial charge in [-0.25, -0.2) is 0 Å². The number of aromatic nitrogens is 1. The van der Waals surface area contributed by atoms with Gasteiger partial charge in [-0.05, 0) is 60.0 Å². The number of anilines is 1. The first-order valence-corrected chi connectivity index (χ1v) is 10.8. The summed E-state index contributed by atoms with van der Waals surface area (Å²) >= 11 is 0. The maximum atomic E-state index is 12.8. The van der Waals surface area contributed by atoms with E-state index in [9.17, 15) is 9.59 Å². The monoisotopic (exact) mass is 417 g/mol. The van der Waals surface area contributed by atoms with Gasteiger partial charge in [-0.15, -0.1) is 0 Å². The van der Waals surface area contributed by atoms with E-state index in [0.29, 0.717) is 23.8 Å². The quantitative estimate of drug-likeness (QED) is 0.439. The number of nitrogens with one attached hydrogen (secondary N) is 1. The molecule has 6 heteroatoms. The molecule has 0 radical (unpaired) electrons. The molecule has 1 unspecified atom stereocenters. The summed E-state index contributed by atoms with van der Waals surface area (Å²) in [5, 5.41) is 4.96. The Morgan fingerprint density at radius 1 is 1.06 bits per heavy atom. The van der Waals surface area contributed by atoms with Gasteiger partial charge in [0.2, 0.25) is 5.91 Å². The van der Waals surface area contributed by atoms with Crippen LogP contribution in [0.15, 0.2) is 60.9 Å². The lowest BCUT2D eigenvalue weighted by Crippen LogP contribution is -2.27. The second-order valence-electron chi connectivity index (χ2n) is 8.11. The lowest BCUT2D eigenvalue weighted by Gasteiger charge is -2.16. The summed E-state index contributed by atoms with van der Waals surface area (Å²) < 4.78 is 5.47. The van der Waals surface area contributed by atoms with Crippen molar-refractivity contribution in [2.24, 2.45) is 11.7 Å². The molecule has 2 aromatic carbocycles. The zero-order chi connectivity index (χ0) is 21.6. The van der Waals surface area contributed by atoms with Crippen molar-refractivity contribution in [3.63, 3.8) is 0 Å². The molecule has 1 aliphatic rings. The number of amides is 1. The number of carbonyl (C=O) groups is 2. The van der Waals surface area contributed by atoms with E-state index in [1.165, 1.54) is 12.8 Å². The Kier molecular flexibility index (Phi) is 6.57. The van der Waals surface area contributed by atoms with Crippen molar-refractivity contribution in [3.05, 3.63) is 66.5 Å². The lowest BCUT2D eigenvalue weighted by atomic mass is 9.98. The topological polar surface area (TPSA) is 94.3 Å². The highest BCUT2D eigenvalue weighted by molar-refractivity contribution is 5.98. The molecule has 3 N–H and O–H groups in total. The Morgan fingerprint density at radius 2 is 1.84 bits per heavy atom. The third-order valence-corrected chi connectivity index (χ3v) is 5.90. The fourth-order valence-electron chi connectivity index (χ4n) is 4.18. The molecule has 1 amide bonds. The summed E-state index contributed by atoms with van der Waals surface area (Å²) in [5.41, 5.74) is 7.39. The lowest BCUT2D eigenvalue weighted by molar-refractivity contribution is -0.135. The van der Waals surface area contributed by atoms with Crippen LogP contribution >= 0.6 is 0 Å². The van der Waals surface area contributed by atoms with Gasteiger partial charge in [0, 0.05) is 36.4 Å². The van der Waals surface area contributed by atoms with Gasteiger partial charge in [-0.2, -0.15) is 0 Å². The van der Waals surface area contributed by atoms with E-state index in [-0.39, 0.29) is 18.4 Å². The Labute approximate surface area is 181 Å². The van der Waals surface area contributed by atoms with Crippen molar-refractivity contribution in [2.75, 3.05) is 11.9 Å². The van der Waals surface area contributed by atoms with Crippen molar-refractivity contribution in [2.45, 2.75) is 38.0 Å². The van der Waals surface area contributed by atoms with Crippen LogP contribution in [0.25, 0.3) is 10.8 Å². The molecule has 160 valence electrons. The molecule has 0 bridgehead atoms. The molecule has 0 spiro atoms. The van der Waals surface area contributed by atoms with E-state index < -0.39 is 5.92 Å². The molecule has 1 saturated carbocycles. The maximum absolute atomic E-state index is 12.8. The standard InChI is InChI=1S/C25H27N3O3/c26-15-23(25(30)28-21-8-5-20-16-27-12-11-19(20)14-21)18-6-9-22(10-7-18)31-24(29)13-17-3-1-2-4-17/h5-12,14,16-17,23H,1-4,13,15,26H2,(H,28,30). The number of hydrogen-bond donors (Lipinski definition) is 2. The minimum atomic E-state index is -0.503. The highest BCUT2D eigenvalue weighted by Gasteiger charge is 2.21. The number of esters is 1. The van der Waals surface area contributed by atoms with Crippen LogP contribution in [0.4, 0.5) is 5.69 Å². The zero-order valence-corrected chi connectivity index (χ0v) is 17.4. The van der Waals surface area contributed by atoms with Gasteiger partial charge in [-0.3, -0.25) is 14.6 Å². The van der Waals surface area contributed by atoms with E-state index in [1.54, 1.807) is 36.7 Å². The van der Waals surface area contributed by atoms with E-state index in [4.69, 9.17) is 10.5 Å². The SMILES string of the molecule is NCC(C(=O)Nc1ccc2cnccc2c1)c1ccc(OC(=O)CC2CCCC2)cc1. The average Bonchev–Trinajstić information content (AvgIpc) is 3.28. The largest absolute Gasteiger partial charge is 0.427 e. The number of fused-ring (bicyclic) bond motifs is 1. The number of nitrogens with two attached hydrogens (primary N) is 1. The minimum absolute atomic E-state index is 0.171. The van der Waals surface area contributed by atoms with Gasteiger partial charge in [0.05, 0.1) is 5.92 Å². The normalized spacial score (nSPS) is 15.0. The third kappa shape index (κ3) is 5.27. The fourth-order valence-corrected chi connectivity index (χ4v) is 4.18. The number of ether oxygens (including phenoxy) is 1. The van der Waals surface area contributed by atoms with Gasteiger partial charge in [0.15, 0.2) is 0 Å². The van der Waals surface area contributed by atoms with Crippen molar-refractivity contribution in [1.29, 1.82) is 0 Å². The highest BCUT2D eigenvalue weighted by Crippen LogP contribution is 2.28. The summed E-state index contributed by atoms with van der Waals surface area (Å²) in [6, 6.07) is 14.6. The molecule has 6 nitrogen and oxygen atoms in total. The summed E-state index contributed by atoms with van der Waals surface area (Å²) in [6.45, 7) is 0.171. The molecule has 0 saturated heterocycles. The van der Waals surface area contributed by atoms with Crippen LogP contribution in [-0.2, 0) is 9.59 Å². The molecule has 1 fully saturated rings. The van der Waals surface area contributed by atoms with Crippen molar-refractivity contribution in [3.8, 4) is 5.75 Å². The number of rotatable bonds is 7. The van der Waals surface area contributed by atoms with E-state index in [2.05, 4.69) is 10.3 Å². The van der Waals surface area contributed by atoms with Crippen molar-refractivity contribution < 1.29 is 14.3 Å². The Hall–Kier alpha value is -3.25. The van der Waals surface area contributed by atoms with Crippen LogP contribution in [0.1, 0.15) is 43.6 Å². The van der Waals surface area contributed by atoms with Crippen LogP contribution < -0.4 is 15.8 Å². The van der Waals surface area contributed by atoms with Gasteiger partial charge < -0.3 is 15.8 Å². The van der Waals surface area contributed by atoms with Crippen molar-refractivity contribution in [1.82, 2.24) is 4.98 Å². The number of hydrogen-bond acceptors (Lipinski definition) is 5. The molecule has 4 rings (SSSR count). The second kappa shape index (κ2) is 9.71. The number of nitrogens with zero attached hydrogens (tertiary/aromatic N) is 1. The first-order chi connectivity index (χ1) is 15.1. The first kappa shape index (κ1) is 21.0. The molecule has 0 aliphatic heterocycles. The summed E-state index contributed by atoms with van der Waals surface area (Å²) in [4.78, 5) is 29.1. The molecule has 1 aromatic heterocycles. The molecule has 31 heavy (non-hydrogen) atoms. The zero-order valence-electron chi connectivity index (χ0n) is 17.4. The van der Waals surface area contributed by atoms with E-state index >= 15 is 0 Å².